The number of thiocarbonyl (C=S) groups is 1. The van der Waals surface area contributed by atoms with Crippen molar-refractivity contribution in [2.75, 3.05) is 6.61 Å². The molecule has 0 spiro atoms. The number of carbonyl (C=O) groups is 2. The second-order valence-corrected chi connectivity index (χ2v) is 7.91. The highest BCUT2D eigenvalue weighted by atomic mass is 79.9. The Balaban J connectivity index is 1.51. The molecule has 3 rings (SSSR count). The number of nitrogens with one attached hydrogen (secondary N) is 3. The molecule has 9 heteroatoms. The largest absolute Gasteiger partial charge is 0.483 e. The van der Waals surface area contributed by atoms with Gasteiger partial charge in [0.05, 0.1) is 4.47 Å². The molecule has 1 saturated carbocycles. The highest BCUT2D eigenvalue weighted by Gasteiger charge is 2.29. The maximum absolute atomic E-state index is 11.9. The van der Waals surface area contributed by atoms with Crippen LogP contribution in [0.4, 0.5) is 0 Å². The minimum absolute atomic E-state index is 0.0232. The predicted molar refractivity (Wildman–Crippen MR) is 110 cm³/mol. The molecule has 1 aliphatic rings. The van der Waals surface area contributed by atoms with Gasteiger partial charge in [0.2, 0.25) is 5.91 Å². The number of ether oxygens (including phenoxy) is 1. The molecule has 0 atom stereocenters. The zero-order valence-electron chi connectivity index (χ0n) is 13.5. The number of hydrogen-bond acceptors (Lipinski definition) is 4. The lowest BCUT2D eigenvalue weighted by Gasteiger charge is -2.12. The van der Waals surface area contributed by atoms with Crippen molar-refractivity contribution >= 4 is 71.8 Å². The lowest BCUT2D eigenvalue weighted by Crippen LogP contribution is -2.49. The van der Waals surface area contributed by atoms with Gasteiger partial charge in [-0.2, -0.15) is 0 Å². The molecule has 2 aromatic rings. The van der Waals surface area contributed by atoms with Crippen LogP contribution in [0.25, 0.3) is 10.8 Å². The van der Waals surface area contributed by atoms with Gasteiger partial charge in [0.25, 0.3) is 5.91 Å². The average molecular weight is 501 g/mol. The van der Waals surface area contributed by atoms with E-state index in [1.807, 2.05) is 24.3 Å². The van der Waals surface area contributed by atoms with Crippen molar-refractivity contribution in [2.45, 2.75) is 12.8 Å². The van der Waals surface area contributed by atoms with Crippen molar-refractivity contribution in [2.24, 2.45) is 5.92 Å². The molecule has 26 heavy (non-hydrogen) atoms. The molecule has 0 aliphatic heterocycles. The Morgan fingerprint density at radius 1 is 1.15 bits per heavy atom. The quantitative estimate of drug-likeness (QED) is 0.444. The van der Waals surface area contributed by atoms with Crippen LogP contribution in [0.2, 0.25) is 0 Å². The third-order valence-corrected chi connectivity index (χ3v) is 5.26. The molecule has 0 aromatic heterocycles. The van der Waals surface area contributed by atoms with Gasteiger partial charge in [-0.3, -0.25) is 25.8 Å². The molecule has 0 bridgehead atoms. The van der Waals surface area contributed by atoms with Crippen molar-refractivity contribution < 1.29 is 14.3 Å². The van der Waals surface area contributed by atoms with Crippen LogP contribution in [-0.4, -0.2) is 23.5 Å². The number of benzene rings is 2. The number of hydrazine groups is 1. The topological polar surface area (TPSA) is 79.5 Å². The van der Waals surface area contributed by atoms with Crippen LogP contribution in [0.3, 0.4) is 0 Å². The van der Waals surface area contributed by atoms with Crippen LogP contribution in [0, 0.1) is 5.92 Å². The first-order chi connectivity index (χ1) is 12.4. The van der Waals surface area contributed by atoms with Crippen LogP contribution in [-0.2, 0) is 9.59 Å². The summed E-state index contributed by atoms with van der Waals surface area (Å²) < 4.78 is 7.32. The number of carbonyl (C=O) groups excluding carboxylic acids is 2. The maximum atomic E-state index is 11.9. The number of amides is 2. The molecule has 0 saturated heterocycles. The fraction of sp³-hybridized carbons (Fsp3) is 0.235. The van der Waals surface area contributed by atoms with Gasteiger partial charge in [0.1, 0.15) is 5.75 Å². The Kier molecular flexibility index (Phi) is 6.10. The van der Waals surface area contributed by atoms with Gasteiger partial charge in [-0.25, -0.2) is 0 Å². The van der Waals surface area contributed by atoms with Crippen LogP contribution >= 0.6 is 44.1 Å². The van der Waals surface area contributed by atoms with E-state index >= 15 is 0 Å². The summed E-state index contributed by atoms with van der Waals surface area (Å²) in [5, 5.41) is 4.49. The lowest BCUT2D eigenvalue weighted by molar-refractivity contribution is -0.123. The van der Waals surface area contributed by atoms with E-state index in [-0.39, 0.29) is 23.5 Å². The van der Waals surface area contributed by atoms with Crippen molar-refractivity contribution in [1.29, 1.82) is 0 Å². The summed E-state index contributed by atoms with van der Waals surface area (Å²) in [5.74, 6) is 0.0571. The third kappa shape index (κ3) is 4.93. The van der Waals surface area contributed by atoms with Gasteiger partial charge in [0.15, 0.2) is 11.7 Å². The summed E-state index contributed by atoms with van der Waals surface area (Å²) in [6.45, 7) is -0.209. The maximum Gasteiger partial charge on any atom is 0.264 e. The summed E-state index contributed by atoms with van der Waals surface area (Å²) >= 11 is 11.9. The van der Waals surface area contributed by atoms with E-state index in [9.17, 15) is 9.59 Å². The molecule has 6 nitrogen and oxygen atoms in total. The second kappa shape index (κ2) is 8.32. The second-order valence-electron chi connectivity index (χ2n) is 5.80. The molecular weight excluding hydrogens is 486 g/mol. The molecule has 1 aliphatic carbocycles. The number of fused-ring (bicyclic) bond motifs is 1. The summed E-state index contributed by atoms with van der Waals surface area (Å²) in [5.41, 5.74) is 4.96. The molecule has 2 aromatic carbocycles. The van der Waals surface area contributed by atoms with Gasteiger partial charge >= 0.3 is 0 Å². The SMILES string of the molecule is O=C(COc1ccc2cc(Br)ccc2c1Br)NC(=S)NNC(=O)C1CC1. The molecule has 1 fully saturated rings. The fourth-order valence-corrected chi connectivity index (χ4v) is 3.41. The molecule has 136 valence electrons. The first-order valence-corrected chi connectivity index (χ1v) is 9.83. The predicted octanol–water partition coefficient (Wildman–Crippen LogP) is 3.18. The van der Waals surface area contributed by atoms with Gasteiger partial charge in [-0.1, -0.05) is 28.1 Å². The van der Waals surface area contributed by atoms with Gasteiger partial charge in [-0.05, 0) is 70.0 Å². The minimum Gasteiger partial charge on any atom is -0.483 e. The standard InChI is InChI=1S/C17H15Br2N3O3S/c18-11-4-5-12-10(7-11)3-6-13(15(12)19)25-8-14(23)20-17(26)22-21-16(24)9-1-2-9/h3-7,9H,1-2,8H2,(H,21,24)(H2,20,22,23,26). The van der Waals surface area contributed by atoms with E-state index in [1.165, 1.54) is 0 Å². The highest BCUT2D eigenvalue weighted by molar-refractivity contribution is 9.11. The van der Waals surface area contributed by atoms with Crippen molar-refractivity contribution in [3.05, 3.63) is 39.3 Å². The number of hydrogen-bond donors (Lipinski definition) is 3. The van der Waals surface area contributed by atoms with E-state index < -0.39 is 5.91 Å². The number of rotatable bonds is 4. The zero-order valence-corrected chi connectivity index (χ0v) is 17.5. The van der Waals surface area contributed by atoms with Crippen LogP contribution < -0.4 is 20.9 Å². The zero-order chi connectivity index (χ0) is 18.7. The van der Waals surface area contributed by atoms with E-state index in [4.69, 9.17) is 17.0 Å². The normalized spacial score (nSPS) is 13.2. The smallest absolute Gasteiger partial charge is 0.264 e. The first kappa shape index (κ1) is 19.1. The first-order valence-electron chi connectivity index (χ1n) is 7.84. The summed E-state index contributed by atoms with van der Waals surface area (Å²) in [6, 6.07) is 9.59. The van der Waals surface area contributed by atoms with Crippen molar-refractivity contribution in [1.82, 2.24) is 16.2 Å². The van der Waals surface area contributed by atoms with Gasteiger partial charge in [-0.15, -0.1) is 0 Å². The van der Waals surface area contributed by atoms with E-state index in [1.54, 1.807) is 6.07 Å². The lowest BCUT2D eigenvalue weighted by atomic mass is 10.1. The Labute approximate surface area is 172 Å². The van der Waals surface area contributed by atoms with Gasteiger partial charge in [0, 0.05) is 10.4 Å². The van der Waals surface area contributed by atoms with Gasteiger partial charge < -0.3 is 4.74 Å². The molecular formula is C17H15Br2N3O3S. The van der Waals surface area contributed by atoms with Crippen molar-refractivity contribution in [3.63, 3.8) is 0 Å². The Morgan fingerprint density at radius 3 is 2.65 bits per heavy atom. The third-order valence-electron chi connectivity index (χ3n) is 3.74. The molecule has 0 unspecified atom stereocenters. The molecule has 3 N–H and O–H groups in total. The average Bonchev–Trinajstić information content (AvgIpc) is 3.44. The highest BCUT2D eigenvalue weighted by Crippen LogP contribution is 2.34. The Hall–Kier alpha value is -1.71. The summed E-state index contributed by atoms with van der Waals surface area (Å²) in [7, 11) is 0. The Morgan fingerprint density at radius 2 is 1.92 bits per heavy atom. The molecule has 2 amide bonds. The van der Waals surface area contributed by atoms with E-state index in [2.05, 4.69) is 48.0 Å². The fourth-order valence-electron chi connectivity index (χ4n) is 2.26. The molecule has 0 radical (unpaired) electrons. The number of halogens is 2. The van der Waals surface area contributed by atoms with Crippen LogP contribution in [0.15, 0.2) is 39.3 Å². The monoisotopic (exact) mass is 499 g/mol. The molecule has 0 heterocycles. The minimum atomic E-state index is -0.425. The summed E-state index contributed by atoms with van der Waals surface area (Å²) in [4.78, 5) is 23.4. The van der Waals surface area contributed by atoms with E-state index in [0.29, 0.717) is 5.75 Å². The van der Waals surface area contributed by atoms with Crippen molar-refractivity contribution in [3.8, 4) is 5.75 Å². The summed E-state index contributed by atoms with van der Waals surface area (Å²) in [6.07, 6.45) is 1.77. The Bertz CT molecular complexity index is 887. The van der Waals surface area contributed by atoms with E-state index in [0.717, 1.165) is 32.6 Å². The van der Waals surface area contributed by atoms with Crippen LogP contribution in [0.1, 0.15) is 12.8 Å². The van der Waals surface area contributed by atoms with Crippen LogP contribution in [0.5, 0.6) is 5.75 Å².